The van der Waals surface area contributed by atoms with E-state index in [9.17, 15) is 0 Å². The first-order chi connectivity index (χ1) is 12.2. The van der Waals surface area contributed by atoms with Crippen LogP contribution in [0.2, 0.25) is 5.02 Å². The van der Waals surface area contributed by atoms with Crippen LogP contribution >= 0.6 is 11.6 Å². The van der Waals surface area contributed by atoms with Crippen LogP contribution in [0.25, 0.3) is 5.69 Å². The number of benzene rings is 2. The first-order valence-electron chi connectivity index (χ1n) is 7.92. The van der Waals surface area contributed by atoms with Crippen molar-refractivity contribution in [3.8, 4) is 11.4 Å². The van der Waals surface area contributed by atoms with Gasteiger partial charge in [-0.05, 0) is 17.7 Å². The van der Waals surface area contributed by atoms with E-state index in [1.54, 1.807) is 10.9 Å². The molecule has 0 unspecified atom stereocenters. The van der Waals surface area contributed by atoms with Gasteiger partial charge in [-0.15, -0.1) is 0 Å². The highest BCUT2D eigenvalue weighted by Gasteiger charge is 2.22. The molecule has 3 aromatic rings. The molecule has 6 heteroatoms. The third kappa shape index (κ3) is 3.04. The van der Waals surface area contributed by atoms with Gasteiger partial charge in [0, 0.05) is 5.56 Å². The van der Waals surface area contributed by atoms with Crippen molar-refractivity contribution in [1.82, 2.24) is 9.78 Å². The van der Waals surface area contributed by atoms with E-state index in [2.05, 4.69) is 5.10 Å². The molecule has 0 amide bonds. The first-order valence-corrected chi connectivity index (χ1v) is 8.30. The van der Waals surface area contributed by atoms with Gasteiger partial charge < -0.3 is 14.9 Å². The third-order valence-corrected chi connectivity index (χ3v) is 4.47. The molecule has 5 nitrogen and oxygen atoms in total. The minimum atomic E-state index is 0.312. The highest BCUT2D eigenvalue weighted by Crippen LogP contribution is 2.33. The lowest BCUT2D eigenvalue weighted by molar-refractivity contribution is 0.146. The van der Waals surface area contributed by atoms with Gasteiger partial charge in [0.05, 0.1) is 36.5 Å². The number of rotatable bonds is 4. The second kappa shape index (κ2) is 6.70. The summed E-state index contributed by atoms with van der Waals surface area (Å²) < 4.78 is 13.0. The molecule has 0 saturated carbocycles. The number of nitrogens with one attached hydrogen (secondary N) is 1. The average molecular weight is 354 g/mol. The van der Waals surface area contributed by atoms with Gasteiger partial charge in [-0.3, -0.25) is 0 Å². The molecule has 0 radical (unpaired) electrons. The first kappa shape index (κ1) is 15.9. The topological polar surface area (TPSA) is 60.1 Å². The summed E-state index contributed by atoms with van der Waals surface area (Å²) in [6.45, 7) is 1.16. The Bertz CT molecular complexity index is 922. The predicted molar refractivity (Wildman–Crippen MR) is 95.8 cm³/mol. The van der Waals surface area contributed by atoms with Gasteiger partial charge >= 0.3 is 0 Å². The van der Waals surface area contributed by atoms with Crippen LogP contribution in [-0.4, -0.2) is 22.1 Å². The van der Waals surface area contributed by atoms with E-state index in [1.807, 2.05) is 48.5 Å². The largest absolute Gasteiger partial charge is 0.487 e. The summed E-state index contributed by atoms with van der Waals surface area (Å²) in [5, 5.41) is 12.8. The van der Waals surface area contributed by atoms with Crippen LogP contribution in [0.1, 0.15) is 16.8 Å². The highest BCUT2D eigenvalue weighted by molar-refractivity contribution is 6.33. The van der Waals surface area contributed by atoms with Gasteiger partial charge in [-0.2, -0.15) is 5.10 Å². The van der Waals surface area contributed by atoms with E-state index in [0.717, 1.165) is 16.8 Å². The molecule has 0 fully saturated rings. The molecule has 0 spiro atoms. The molecule has 2 heterocycles. The number of halogens is 1. The molecule has 0 aliphatic carbocycles. The van der Waals surface area contributed by atoms with Crippen LogP contribution in [0.4, 0.5) is 0 Å². The van der Waals surface area contributed by atoms with Crippen molar-refractivity contribution < 1.29 is 9.47 Å². The molecule has 0 saturated heterocycles. The summed E-state index contributed by atoms with van der Waals surface area (Å²) in [4.78, 5) is 0. The van der Waals surface area contributed by atoms with Gasteiger partial charge in [-0.1, -0.05) is 48.0 Å². The van der Waals surface area contributed by atoms with Crippen molar-refractivity contribution in [3.05, 3.63) is 76.6 Å². The van der Waals surface area contributed by atoms with Crippen molar-refractivity contribution in [3.63, 3.8) is 0 Å². The molecular formula is C19H16ClN3O2. The predicted octanol–water partition coefficient (Wildman–Crippen LogP) is 4.00. The zero-order chi connectivity index (χ0) is 17.2. The number of fused-ring (bicyclic) bond motifs is 1. The van der Waals surface area contributed by atoms with Crippen molar-refractivity contribution in [2.45, 2.75) is 13.2 Å². The molecule has 4 rings (SSSR count). The molecule has 1 aliphatic heterocycles. The Balaban J connectivity index is 1.65. The van der Waals surface area contributed by atoms with Gasteiger partial charge in [0.1, 0.15) is 17.4 Å². The molecule has 1 N–H and O–H groups in total. The maximum Gasteiger partial charge on any atom is 0.140 e. The lowest BCUT2D eigenvalue weighted by atomic mass is 10.1. The van der Waals surface area contributed by atoms with Gasteiger partial charge in [0.25, 0.3) is 0 Å². The Morgan fingerprint density at radius 3 is 2.80 bits per heavy atom. The van der Waals surface area contributed by atoms with Crippen molar-refractivity contribution in [2.24, 2.45) is 0 Å². The minimum Gasteiger partial charge on any atom is -0.487 e. The van der Waals surface area contributed by atoms with Crippen LogP contribution in [0.3, 0.4) is 0 Å². The molecule has 1 aromatic heterocycles. The zero-order valence-electron chi connectivity index (χ0n) is 13.4. The van der Waals surface area contributed by atoms with Crippen molar-refractivity contribution >= 4 is 17.3 Å². The summed E-state index contributed by atoms with van der Waals surface area (Å²) >= 11 is 6.57. The summed E-state index contributed by atoms with van der Waals surface area (Å²) in [5.41, 5.74) is 3.85. The normalized spacial score (nSPS) is 13.6. The lowest BCUT2D eigenvalue weighted by Crippen LogP contribution is -2.19. The Hall–Kier alpha value is -2.63. The van der Waals surface area contributed by atoms with Crippen LogP contribution in [0.15, 0.2) is 54.7 Å². The molecular weight excluding hydrogens is 338 g/mol. The SMILES string of the molecule is N=C1COCc2c1cnn2-c1cccc(OCc2ccccc2)c1Cl. The van der Waals surface area contributed by atoms with E-state index < -0.39 is 0 Å². The number of hydrogen-bond acceptors (Lipinski definition) is 4. The van der Waals surface area contributed by atoms with E-state index in [0.29, 0.717) is 42.0 Å². The van der Waals surface area contributed by atoms with Gasteiger partial charge in [-0.25, -0.2) is 4.68 Å². The monoisotopic (exact) mass is 353 g/mol. The Labute approximate surface area is 150 Å². The molecule has 2 aromatic carbocycles. The van der Waals surface area contributed by atoms with Crippen molar-refractivity contribution in [1.29, 1.82) is 5.41 Å². The minimum absolute atomic E-state index is 0.312. The number of nitrogens with zero attached hydrogens (tertiary/aromatic N) is 2. The second-order valence-corrected chi connectivity index (χ2v) is 6.13. The van der Waals surface area contributed by atoms with E-state index >= 15 is 0 Å². The Morgan fingerprint density at radius 1 is 1.12 bits per heavy atom. The lowest BCUT2D eigenvalue weighted by Gasteiger charge is -2.17. The van der Waals surface area contributed by atoms with E-state index in [4.69, 9.17) is 26.5 Å². The highest BCUT2D eigenvalue weighted by atomic mass is 35.5. The van der Waals surface area contributed by atoms with Gasteiger partial charge in [0.2, 0.25) is 0 Å². The van der Waals surface area contributed by atoms with Crippen LogP contribution in [0, 0.1) is 5.41 Å². The summed E-state index contributed by atoms with van der Waals surface area (Å²) in [7, 11) is 0. The summed E-state index contributed by atoms with van der Waals surface area (Å²) in [6.07, 6.45) is 1.69. The molecule has 0 bridgehead atoms. The van der Waals surface area contributed by atoms with E-state index in [-0.39, 0.29) is 0 Å². The van der Waals surface area contributed by atoms with Crippen LogP contribution in [-0.2, 0) is 18.0 Å². The van der Waals surface area contributed by atoms with Crippen molar-refractivity contribution in [2.75, 3.05) is 6.61 Å². The standard InChI is InChI=1S/C19H16ClN3O2/c20-19-16(23-17-12-24-11-15(21)14(17)9-22-23)7-4-8-18(19)25-10-13-5-2-1-3-6-13/h1-9,21H,10-12H2. The average Bonchev–Trinajstić information content (AvgIpc) is 3.07. The van der Waals surface area contributed by atoms with E-state index in [1.165, 1.54) is 0 Å². The van der Waals surface area contributed by atoms with Crippen LogP contribution in [0.5, 0.6) is 5.75 Å². The van der Waals surface area contributed by atoms with Crippen LogP contribution < -0.4 is 4.74 Å². The molecule has 0 atom stereocenters. The fourth-order valence-electron chi connectivity index (χ4n) is 2.81. The number of aromatic nitrogens is 2. The third-order valence-electron chi connectivity index (χ3n) is 4.09. The fourth-order valence-corrected chi connectivity index (χ4v) is 3.07. The fraction of sp³-hybridized carbons (Fsp3) is 0.158. The molecule has 25 heavy (non-hydrogen) atoms. The summed E-state index contributed by atoms with van der Waals surface area (Å²) in [6, 6.07) is 15.5. The maximum absolute atomic E-state index is 7.97. The Kier molecular flexibility index (Phi) is 4.26. The number of hydrogen-bond donors (Lipinski definition) is 1. The number of ether oxygens (including phenoxy) is 2. The second-order valence-electron chi connectivity index (χ2n) is 5.75. The van der Waals surface area contributed by atoms with Gasteiger partial charge in [0.15, 0.2) is 0 Å². The Morgan fingerprint density at radius 2 is 1.96 bits per heavy atom. The molecule has 1 aliphatic rings. The zero-order valence-corrected chi connectivity index (χ0v) is 14.2. The molecule has 126 valence electrons. The maximum atomic E-state index is 7.97. The quantitative estimate of drug-likeness (QED) is 0.771. The summed E-state index contributed by atoms with van der Waals surface area (Å²) in [5.74, 6) is 0.596. The smallest absolute Gasteiger partial charge is 0.140 e.